The van der Waals surface area contributed by atoms with Crippen LogP contribution < -0.4 is 5.32 Å². The maximum absolute atomic E-state index is 12.8. The van der Waals surface area contributed by atoms with Gasteiger partial charge in [0.05, 0.1) is 5.56 Å². The molecule has 0 spiro atoms. The predicted octanol–water partition coefficient (Wildman–Crippen LogP) is 5.52. The largest absolute Gasteiger partial charge is 0.507 e. The Balaban J connectivity index is 1.87. The van der Waals surface area contributed by atoms with Crippen molar-refractivity contribution in [3.8, 4) is 5.75 Å². The minimum absolute atomic E-state index is 0.00627. The number of phenolic OH excluding ortho intramolecular Hbond substituents is 1. The fourth-order valence-corrected chi connectivity index (χ4v) is 3.85. The van der Waals surface area contributed by atoms with E-state index in [1.807, 2.05) is 86.0 Å². The molecule has 0 heterocycles. The Morgan fingerprint density at radius 3 is 2.32 bits per heavy atom. The Bertz CT molecular complexity index is 982. The fourth-order valence-electron chi connectivity index (χ4n) is 3.03. The monoisotopic (exact) mass is 389 g/mol. The maximum Gasteiger partial charge on any atom is 0.256 e. The van der Waals surface area contributed by atoms with Gasteiger partial charge in [-0.25, -0.2) is 0 Å². The number of aromatic hydroxyl groups is 1. The van der Waals surface area contributed by atoms with Crippen molar-refractivity contribution in [3.05, 3.63) is 94.5 Å². The fraction of sp³-hybridized carbons (Fsp3) is 0.125. The van der Waals surface area contributed by atoms with Crippen LogP contribution in [-0.2, 0) is 6.54 Å². The Labute approximate surface area is 170 Å². The Morgan fingerprint density at radius 2 is 1.68 bits per heavy atom. The minimum atomic E-state index is -0.271. The van der Waals surface area contributed by atoms with Gasteiger partial charge in [0.1, 0.15) is 5.75 Å². The van der Waals surface area contributed by atoms with Crippen LogP contribution in [0.3, 0.4) is 0 Å². The summed E-state index contributed by atoms with van der Waals surface area (Å²) in [7, 11) is 0. The third-order valence-electron chi connectivity index (χ3n) is 4.53. The van der Waals surface area contributed by atoms with E-state index in [1.54, 1.807) is 6.07 Å². The highest BCUT2D eigenvalue weighted by atomic mass is 32.2. The molecule has 4 heteroatoms. The lowest BCUT2D eigenvalue weighted by atomic mass is 10.0. The number of hydrogen-bond acceptors (Lipinski definition) is 3. The Morgan fingerprint density at radius 1 is 1.04 bits per heavy atom. The van der Waals surface area contributed by atoms with Gasteiger partial charge in [-0.05, 0) is 41.5 Å². The van der Waals surface area contributed by atoms with Crippen LogP contribution in [0.2, 0.25) is 0 Å². The van der Waals surface area contributed by atoms with E-state index in [2.05, 4.69) is 5.32 Å². The van der Waals surface area contributed by atoms with Crippen LogP contribution in [0.1, 0.15) is 32.6 Å². The maximum atomic E-state index is 12.8. The lowest BCUT2D eigenvalue weighted by molar-refractivity contribution is 0.0945. The summed E-state index contributed by atoms with van der Waals surface area (Å²) in [5.41, 5.74) is 4.29. The molecule has 0 saturated carbocycles. The van der Waals surface area contributed by atoms with Gasteiger partial charge in [-0.2, -0.15) is 0 Å². The molecule has 3 rings (SSSR count). The van der Waals surface area contributed by atoms with Crippen molar-refractivity contribution in [2.75, 3.05) is 6.26 Å². The van der Waals surface area contributed by atoms with Gasteiger partial charge in [0.25, 0.3) is 5.91 Å². The zero-order chi connectivity index (χ0) is 19.9. The van der Waals surface area contributed by atoms with Crippen LogP contribution in [0.25, 0.3) is 12.2 Å². The second kappa shape index (κ2) is 9.29. The van der Waals surface area contributed by atoms with Crippen molar-refractivity contribution in [2.45, 2.75) is 18.4 Å². The molecule has 0 aromatic heterocycles. The van der Waals surface area contributed by atoms with Gasteiger partial charge >= 0.3 is 0 Å². The number of phenols is 1. The van der Waals surface area contributed by atoms with E-state index >= 15 is 0 Å². The molecule has 0 aliphatic heterocycles. The SMILES string of the molecule is CSc1c(C)c(/C=C/c2ccccc2)cc(O)c1C(=O)NCc1ccccc1. The molecule has 0 saturated heterocycles. The summed E-state index contributed by atoms with van der Waals surface area (Å²) < 4.78 is 0. The van der Waals surface area contributed by atoms with Gasteiger partial charge in [-0.1, -0.05) is 72.8 Å². The molecule has 0 bridgehead atoms. The van der Waals surface area contributed by atoms with E-state index in [4.69, 9.17) is 0 Å². The first-order valence-electron chi connectivity index (χ1n) is 9.06. The van der Waals surface area contributed by atoms with Gasteiger partial charge in [-0.15, -0.1) is 11.8 Å². The van der Waals surface area contributed by atoms with Crippen LogP contribution in [0, 0.1) is 6.92 Å². The van der Waals surface area contributed by atoms with E-state index in [9.17, 15) is 9.90 Å². The van der Waals surface area contributed by atoms with Gasteiger partial charge < -0.3 is 10.4 Å². The van der Waals surface area contributed by atoms with E-state index < -0.39 is 0 Å². The molecule has 0 unspecified atom stereocenters. The average molecular weight is 390 g/mol. The van der Waals surface area contributed by atoms with E-state index in [0.29, 0.717) is 12.1 Å². The third kappa shape index (κ3) is 4.65. The van der Waals surface area contributed by atoms with Crippen molar-refractivity contribution >= 4 is 29.8 Å². The van der Waals surface area contributed by atoms with Gasteiger partial charge in [0.15, 0.2) is 0 Å². The molecular formula is C24H23NO2S. The number of carbonyl (C=O) groups excluding carboxylic acids is 1. The average Bonchev–Trinajstić information content (AvgIpc) is 2.73. The lowest BCUT2D eigenvalue weighted by Crippen LogP contribution is -2.24. The van der Waals surface area contributed by atoms with Crippen LogP contribution >= 0.6 is 11.8 Å². The second-order valence-corrected chi connectivity index (χ2v) is 7.25. The van der Waals surface area contributed by atoms with Crippen molar-refractivity contribution in [2.24, 2.45) is 0 Å². The number of nitrogens with one attached hydrogen (secondary N) is 1. The summed E-state index contributed by atoms with van der Waals surface area (Å²) in [6.07, 6.45) is 5.89. The molecule has 3 nitrogen and oxygen atoms in total. The third-order valence-corrected chi connectivity index (χ3v) is 5.45. The molecule has 0 aliphatic rings. The first kappa shape index (κ1) is 19.8. The lowest BCUT2D eigenvalue weighted by Gasteiger charge is -2.15. The highest BCUT2D eigenvalue weighted by Gasteiger charge is 2.20. The van der Waals surface area contributed by atoms with Crippen LogP contribution in [0.5, 0.6) is 5.75 Å². The smallest absolute Gasteiger partial charge is 0.256 e. The molecule has 0 fully saturated rings. The van der Waals surface area contributed by atoms with E-state index in [0.717, 1.165) is 27.1 Å². The Hall–Kier alpha value is -2.98. The van der Waals surface area contributed by atoms with Gasteiger partial charge in [-0.3, -0.25) is 4.79 Å². The summed E-state index contributed by atoms with van der Waals surface area (Å²) in [5.74, 6) is -0.277. The number of amides is 1. The first-order valence-corrected chi connectivity index (χ1v) is 10.3. The highest BCUT2D eigenvalue weighted by molar-refractivity contribution is 7.98. The summed E-state index contributed by atoms with van der Waals surface area (Å²) in [6.45, 7) is 2.39. The quantitative estimate of drug-likeness (QED) is 0.431. The normalized spacial score (nSPS) is 10.9. The summed E-state index contributed by atoms with van der Waals surface area (Å²) in [5, 5.41) is 13.5. The topological polar surface area (TPSA) is 49.3 Å². The molecule has 0 atom stereocenters. The van der Waals surface area contributed by atoms with E-state index in [1.165, 1.54) is 11.8 Å². The number of thioether (sulfide) groups is 1. The highest BCUT2D eigenvalue weighted by Crippen LogP contribution is 2.35. The first-order chi connectivity index (χ1) is 13.6. The van der Waals surface area contributed by atoms with Crippen molar-refractivity contribution in [3.63, 3.8) is 0 Å². The van der Waals surface area contributed by atoms with Crippen molar-refractivity contribution in [1.29, 1.82) is 0 Å². The standard InChI is InChI=1S/C24H23NO2S/c1-17-20(14-13-18-9-5-3-6-10-18)15-21(26)22(23(17)28-2)24(27)25-16-19-11-7-4-8-12-19/h3-15,26H,16H2,1-2H3,(H,25,27)/b14-13+. The van der Waals surface area contributed by atoms with Crippen LogP contribution in [0.4, 0.5) is 0 Å². The zero-order valence-electron chi connectivity index (χ0n) is 16.0. The molecule has 0 aliphatic carbocycles. The number of benzene rings is 3. The number of rotatable bonds is 6. The minimum Gasteiger partial charge on any atom is -0.507 e. The number of carbonyl (C=O) groups is 1. The van der Waals surface area contributed by atoms with Gasteiger partial charge in [0.2, 0.25) is 0 Å². The predicted molar refractivity (Wildman–Crippen MR) is 118 cm³/mol. The molecule has 142 valence electrons. The summed E-state index contributed by atoms with van der Waals surface area (Å²) in [4.78, 5) is 13.5. The van der Waals surface area contributed by atoms with Crippen molar-refractivity contribution < 1.29 is 9.90 Å². The van der Waals surface area contributed by atoms with E-state index in [-0.39, 0.29) is 11.7 Å². The van der Waals surface area contributed by atoms with Crippen molar-refractivity contribution in [1.82, 2.24) is 5.32 Å². The molecule has 1 amide bonds. The second-order valence-electron chi connectivity index (χ2n) is 6.43. The Kier molecular flexibility index (Phi) is 6.56. The van der Waals surface area contributed by atoms with Gasteiger partial charge in [0, 0.05) is 11.4 Å². The molecule has 0 radical (unpaired) electrons. The molecule has 28 heavy (non-hydrogen) atoms. The molecule has 3 aromatic carbocycles. The summed E-state index contributed by atoms with van der Waals surface area (Å²) in [6, 6.07) is 21.4. The molecule has 2 N–H and O–H groups in total. The van der Waals surface area contributed by atoms with Crippen LogP contribution in [0.15, 0.2) is 71.6 Å². The van der Waals surface area contributed by atoms with Crippen LogP contribution in [-0.4, -0.2) is 17.3 Å². The summed E-state index contributed by atoms with van der Waals surface area (Å²) >= 11 is 1.47. The molecule has 3 aromatic rings. The molecular weight excluding hydrogens is 366 g/mol. The number of hydrogen-bond donors (Lipinski definition) is 2. The zero-order valence-corrected chi connectivity index (χ0v) is 16.8.